The van der Waals surface area contributed by atoms with E-state index in [1.54, 1.807) is 0 Å². The molecule has 0 aromatic heterocycles. The summed E-state index contributed by atoms with van der Waals surface area (Å²) in [7, 11) is 0. The number of hydrogen-bond acceptors (Lipinski definition) is 1. The van der Waals surface area contributed by atoms with Gasteiger partial charge in [-0.3, -0.25) is 0 Å². The molecule has 1 rings (SSSR count). The van der Waals surface area contributed by atoms with E-state index in [4.69, 9.17) is 5.11 Å². The zero-order chi connectivity index (χ0) is 7.61. The Morgan fingerprint density at radius 2 is 2.00 bits per heavy atom. The van der Waals surface area contributed by atoms with E-state index in [-0.39, 0.29) is 6.42 Å². The Kier molecular flexibility index (Phi) is 2.24. The van der Waals surface area contributed by atoms with E-state index in [9.17, 15) is 8.78 Å². The summed E-state index contributed by atoms with van der Waals surface area (Å²) in [5.74, 6) is -2.31. The molecule has 1 nitrogen and oxygen atoms in total. The molecule has 0 bridgehead atoms. The molecule has 1 fully saturated rings. The van der Waals surface area contributed by atoms with Gasteiger partial charge in [-0.05, 0) is 12.3 Å². The number of rotatable bonds is 4. The van der Waals surface area contributed by atoms with Gasteiger partial charge in [0.2, 0.25) is 0 Å². The highest BCUT2D eigenvalue weighted by molar-refractivity contribution is 4.76. The average Bonchev–Trinajstić information content (AvgIpc) is 2.66. The van der Waals surface area contributed by atoms with Crippen LogP contribution in [-0.2, 0) is 0 Å². The summed E-state index contributed by atoms with van der Waals surface area (Å²) < 4.78 is 24.6. The normalized spacial score (nSPS) is 19.5. The highest BCUT2D eigenvalue weighted by atomic mass is 19.3. The van der Waals surface area contributed by atoms with Gasteiger partial charge in [0.25, 0.3) is 5.92 Å². The Bertz CT molecular complexity index is 110. The predicted molar refractivity (Wildman–Crippen MR) is 34.0 cm³/mol. The van der Waals surface area contributed by atoms with Crippen molar-refractivity contribution >= 4 is 0 Å². The topological polar surface area (TPSA) is 20.2 Å². The van der Waals surface area contributed by atoms with Crippen molar-refractivity contribution in [2.24, 2.45) is 5.92 Å². The molecular weight excluding hydrogens is 138 g/mol. The van der Waals surface area contributed by atoms with Crippen LogP contribution in [0, 0.1) is 5.92 Å². The molecule has 0 unspecified atom stereocenters. The third kappa shape index (κ3) is 2.60. The van der Waals surface area contributed by atoms with Crippen molar-refractivity contribution in [2.75, 3.05) is 6.61 Å². The van der Waals surface area contributed by atoms with Gasteiger partial charge in [-0.1, -0.05) is 12.8 Å². The molecule has 0 atom stereocenters. The van der Waals surface area contributed by atoms with Crippen LogP contribution in [0.5, 0.6) is 0 Å². The van der Waals surface area contributed by atoms with E-state index in [0.717, 1.165) is 12.8 Å². The predicted octanol–water partition coefficient (Wildman–Crippen LogP) is 1.80. The second-order valence-electron chi connectivity index (χ2n) is 3.00. The number of alkyl halides is 2. The first-order valence-corrected chi connectivity index (χ1v) is 3.63. The quantitative estimate of drug-likeness (QED) is 0.648. The molecule has 0 heterocycles. The highest BCUT2D eigenvalue weighted by Crippen LogP contribution is 2.36. The number of aliphatic hydroxyl groups excluding tert-OH is 1. The van der Waals surface area contributed by atoms with Gasteiger partial charge in [-0.2, -0.15) is 0 Å². The molecule has 0 amide bonds. The van der Waals surface area contributed by atoms with Crippen LogP contribution < -0.4 is 0 Å². The lowest BCUT2D eigenvalue weighted by Crippen LogP contribution is -2.20. The van der Waals surface area contributed by atoms with Crippen molar-refractivity contribution in [3.63, 3.8) is 0 Å². The van der Waals surface area contributed by atoms with E-state index >= 15 is 0 Å². The molecule has 0 aromatic carbocycles. The van der Waals surface area contributed by atoms with Crippen LogP contribution in [0.2, 0.25) is 0 Å². The van der Waals surface area contributed by atoms with Gasteiger partial charge in [0.1, 0.15) is 6.61 Å². The number of aliphatic hydroxyl groups is 1. The molecule has 0 aromatic rings. The van der Waals surface area contributed by atoms with Crippen LogP contribution in [0.4, 0.5) is 8.78 Å². The minimum Gasteiger partial charge on any atom is -0.390 e. The zero-order valence-electron chi connectivity index (χ0n) is 5.82. The molecule has 10 heavy (non-hydrogen) atoms. The van der Waals surface area contributed by atoms with Crippen molar-refractivity contribution in [1.29, 1.82) is 0 Å². The SMILES string of the molecule is OCC(F)(F)CCC1CC1. The second-order valence-corrected chi connectivity index (χ2v) is 3.00. The number of hydrogen-bond donors (Lipinski definition) is 1. The minimum atomic E-state index is -2.83. The molecule has 1 aliphatic carbocycles. The molecule has 0 saturated heterocycles. The van der Waals surface area contributed by atoms with Gasteiger partial charge < -0.3 is 5.11 Å². The van der Waals surface area contributed by atoms with E-state index in [0.29, 0.717) is 12.3 Å². The van der Waals surface area contributed by atoms with Crippen molar-refractivity contribution in [2.45, 2.75) is 31.6 Å². The average molecular weight is 150 g/mol. The Morgan fingerprint density at radius 3 is 2.40 bits per heavy atom. The van der Waals surface area contributed by atoms with Gasteiger partial charge in [0.05, 0.1) is 0 Å². The first kappa shape index (κ1) is 7.92. The summed E-state index contributed by atoms with van der Waals surface area (Å²) in [6.07, 6.45) is 2.63. The van der Waals surface area contributed by atoms with Gasteiger partial charge in [0, 0.05) is 6.42 Å². The van der Waals surface area contributed by atoms with Crippen molar-refractivity contribution in [3.05, 3.63) is 0 Å². The Balaban J connectivity index is 2.09. The molecule has 0 aliphatic heterocycles. The fraction of sp³-hybridized carbons (Fsp3) is 1.00. The monoisotopic (exact) mass is 150 g/mol. The molecule has 0 spiro atoms. The first-order valence-electron chi connectivity index (χ1n) is 3.63. The van der Waals surface area contributed by atoms with E-state index in [2.05, 4.69) is 0 Å². The standard InChI is InChI=1S/C7H12F2O/c8-7(9,5-10)4-3-6-1-2-6/h6,10H,1-5H2. The summed E-state index contributed by atoms with van der Waals surface area (Å²) >= 11 is 0. The summed E-state index contributed by atoms with van der Waals surface area (Å²) in [6.45, 7) is -1.00. The lowest BCUT2D eigenvalue weighted by Gasteiger charge is -2.11. The second kappa shape index (κ2) is 2.82. The maximum Gasteiger partial charge on any atom is 0.270 e. The Morgan fingerprint density at radius 1 is 1.40 bits per heavy atom. The maximum absolute atomic E-state index is 12.3. The van der Waals surface area contributed by atoms with Crippen molar-refractivity contribution in [3.8, 4) is 0 Å². The van der Waals surface area contributed by atoms with E-state index < -0.39 is 12.5 Å². The van der Waals surface area contributed by atoms with Crippen LogP contribution in [0.3, 0.4) is 0 Å². The summed E-state index contributed by atoms with van der Waals surface area (Å²) in [6, 6.07) is 0. The fourth-order valence-corrected chi connectivity index (χ4v) is 0.901. The van der Waals surface area contributed by atoms with Crippen LogP contribution >= 0.6 is 0 Å². The van der Waals surface area contributed by atoms with Crippen LogP contribution in [0.1, 0.15) is 25.7 Å². The van der Waals surface area contributed by atoms with E-state index in [1.807, 2.05) is 0 Å². The Labute approximate surface area is 59.0 Å². The highest BCUT2D eigenvalue weighted by Gasteiger charge is 2.31. The molecule has 3 heteroatoms. The van der Waals surface area contributed by atoms with Gasteiger partial charge in [0.15, 0.2) is 0 Å². The molecule has 60 valence electrons. The molecule has 0 radical (unpaired) electrons. The minimum absolute atomic E-state index is 0.145. The third-order valence-electron chi connectivity index (χ3n) is 1.85. The largest absolute Gasteiger partial charge is 0.390 e. The van der Waals surface area contributed by atoms with Gasteiger partial charge in [-0.25, -0.2) is 8.78 Å². The van der Waals surface area contributed by atoms with Gasteiger partial charge in [-0.15, -0.1) is 0 Å². The first-order chi connectivity index (χ1) is 4.64. The summed E-state index contributed by atoms with van der Waals surface area (Å²) in [4.78, 5) is 0. The molecule has 1 N–H and O–H groups in total. The van der Waals surface area contributed by atoms with Gasteiger partial charge >= 0.3 is 0 Å². The zero-order valence-corrected chi connectivity index (χ0v) is 5.82. The lowest BCUT2D eigenvalue weighted by molar-refractivity contribution is -0.0584. The molecular formula is C7H12F2O. The summed E-state index contributed by atoms with van der Waals surface area (Å²) in [5, 5.41) is 8.18. The van der Waals surface area contributed by atoms with Crippen LogP contribution in [0.15, 0.2) is 0 Å². The van der Waals surface area contributed by atoms with Crippen molar-refractivity contribution < 1.29 is 13.9 Å². The third-order valence-corrected chi connectivity index (χ3v) is 1.85. The Hall–Kier alpha value is -0.180. The summed E-state index contributed by atoms with van der Waals surface area (Å²) in [5.41, 5.74) is 0. The fourth-order valence-electron chi connectivity index (χ4n) is 0.901. The molecule has 1 saturated carbocycles. The molecule has 1 aliphatic rings. The number of halogens is 2. The van der Waals surface area contributed by atoms with E-state index in [1.165, 1.54) is 0 Å². The smallest absolute Gasteiger partial charge is 0.270 e. The van der Waals surface area contributed by atoms with Crippen LogP contribution in [0.25, 0.3) is 0 Å². The van der Waals surface area contributed by atoms with Crippen molar-refractivity contribution in [1.82, 2.24) is 0 Å². The lowest BCUT2D eigenvalue weighted by atomic mass is 10.1. The maximum atomic E-state index is 12.3. The van der Waals surface area contributed by atoms with Crippen LogP contribution in [-0.4, -0.2) is 17.6 Å².